The summed E-state index contributed by atoms with van der Waals surface area (Å²) >= 11 is 1.86. The van der Waals surface area contributed by atoms with Crippen LogP contribution in [-0.4, -0.2) is 28.8 Å². The van der Waals surface area contributed by atoms with Crippen LogP contribution in [0.2, 0.25) is 0 Å². The largest absolute Gasteiger partial charge is 0.481 e. The maximum absolute atomic E-state index is 12.2. The number of hydrogen-bond donors (Lipinski definition) is 2. The fourth-order valence-electron chi connectivity index (χ4n) is 2.73. The van der Waals surface area contributed by atoms with Gasteiger partial charge in [0.05, 0.1) is 5.92 Å². The van der Waals surface area contributed by atoms with Gasteiger partial charge in [0, 0.05) is 17.4 Å². The number of carbonyl (C=O) groups is 2. The molecule has 1 amide bonds. The summed E-state index contributed by atoms with van der Waals surface area (Å²) < 4.78 is 0. The van der Waals surface area contributed by atoms with Crippen LogP contribution in [-0.2, 0) is 10.5 Å². The highest BCUT2D eigenvalue weighted by atomic mass is 32.2. The molecule has 0 saturated heterocycles. The molecule has 120 valence electrons. The Morgan fingerprint density at radius 3 is 2.36 bits per heavy atom. The fourth-order valence-corrected chi connectivity index (χ4v) is 3.36. The lowest BCUT2D eigenvalue weighted by Crippen LogP contribution is -2.38. The normalized spacial score (nSPS) is 21.3. The molecule has 1 fully saturated rings. The minimum atomic E-state index is -0.717. The van der Waals surface area contributed by atoms with Crippen molar-refractivity contribution in [3.63, 3.8) is 0 Å². The third-order valence-corrected chi connectivity index (χ3v) is 5.05. The predicted molar refractivity (Wildman–Crippen MR) is 89.1 cm³/mol. The van der Waals surface area contributed by atoms with Crippen molar-refractivity contribution >= 4 is 23.6 Å². The smallest absolute Gasteiger partial charge is 0.306 e. The minimum absolute atomic E-state index is 0.0616. The topological polar surface area (TPSA) is 66.4 Å². The van der Waals surface area contributed by atoms with Crippen LogP contribution in [0.5, 0.6) is 0 Å². The van der Waals surface area contributed by atoms with Gasteiger partial charge in [0.1, 0.15) is 0 Å². The molecular weight excluding hydrogens is 298 g/mol. The molecule has 22 heavy (non-hydrogen) atoms. The van der Waals surface area contributed by atoms with Crippen LogP contribution in [0.15, 0.2) is 24.3 Å². The van der Waals surface area contributed by atoms with E-state index < -0.39 is 5.97 Å². The van der Waals surface area contributed by atoms with E-state index in [0.717, 1.165) is 24.3 Å². The maximum atomic E-state index is 12.2. The van der Waals surface area contributed by atoms with Gasteiger partial charge in [-0.1, -0.05) is 19.1 Å². The highest BCUT2D eigenvalue weighted by Gasteiger charge is 2.26. The Morgan fingerprint density at radius 1 is 1.18 bits per heavy atom. The first-order valence-electron chi connectivity index (χ1n) is 7.80. The van der Waals surface area contributed by atoms with Crippen molar-refractivity contribution in [2.75, 3.05) is 5.75 Å². The third kappa shape index (κ3) is 4.77. The first kappa shape index (κ1) is 16.9. The molecule has 2 rings (SSSR count). The first-order valence-corrected chi connectivity index (χ1v) is 8.96. The Labute approximate surface area is 135 Å². The number of aliphatic carboxylic acids is 1. The first-order chi connectivity index (χ1) is 10.6. The van der Waals surface area contributed by atoms with E-state index in [1.165, 1.54) is 5.56 Å². The average Bonchev–Trinajstić information content (AvgIpc) is 2.54. The molecule has 0 spiro atoms. The summed E-state index contributed by atoms with van der Waals surface area (Å²) in [5.41, 5.74) is 1.90. The van der Waals surface area contributed by atoms with Gasteiger partial charge in [-0.3, -0.25) is 9.59 Å². The molecule has 1 aliphatic rings. The second-order valence-corrected chi connectivity index (χ2v) is 6.97. The molecule has 0 atom stereocenters. The second kappa shape index (κ2) is 8.22. The number of hydrogen-bond acceptors (Lipinski definition) is 3. The van der Waals surface area contributed by atoms with Crippen LogP contribution in [0.1, 0.15) is 48.5 Å². The van der Waals surface area contributed by atoms with Crippen molar-refractivity contribution in [2.45, 2.75) is 44.4 Å². The van der Waals surface area contributed by atoms with Crippen molar-refractivity contribution < 1.29 is 14.7 Å². The quantitative estimate of drug-likeness (QED) is 0.843. The van der Waals surface area contributed by atoms with Gasteiger partial charge in [-0.2, -0.15) is 11.8 Å². The van der Waals surface area contributed by atoms with Gasteiger partial charge in [-0.25, -0.2) is 0 Å². The highest BCUT2D eigenvalue weighted by Crippen LogP contribution is 2.24. The average molecular weight is 321 g/mol. The van der Waals surface area contributed by atoms with Crippen molar-refractivity contribution in [3.8, 4) is 0 Å². The number of benzene rings is 1. The Bertz CT molecular complexity index is 507. The molecule has 0 bridgehead atoms. The van der Waals surface area contributed by atoms with Crippen LogP contribution >= 0.6 is 11.8 Å². The third-order valence-electron chi connectivity index (χ3n) is 4.10. The predicted octanol–water partition coefficient (Wildman–Crippen LogP) is 3.31. The molecule has 1 aromatic rings. The molecule has 1 aliphatic carbocycles. The standard InChI is InChI=1S/C17H23NO3S/c1-2-22-11-12-3-5-13(6-4-12)16(19)18-15-9-7-14(8-10-15)17(20)21/h3-6,14-15H,2,7-11H2,1H3,(H,18,19)(H,20,21). The number of carboxylic acids is 1. The lowest BCUT2D eigenvalue weighted by molar-refractivity contribution is -0.142. The van der Waals surface area contributed by atoms with Crippen molar-refractivity contribution in [1.82, 2.24) is 5.32 Å². The number of carbonyl (C=O) groups excluding carboxylic acids is 1. The molecule has 4 nitrogen and oxygen atoms in total. The van der Waals surface area contributed by atoms with Gasteiger partial charge < -0.3 is 10.4 Å². The van der Waals surface area contributed by atoms with E-state index in [1.807, 2.05) is 36.0 Å². The van der Waals surface area contributed by atoms with Crippen LogP contribution in [0.4, 0.5) is 0 Å². The number of rotatable bonds is 6. The van der Waals surface area contributed by atoms with Gasteiger partial charge in [0.15, 0.2) is 0 Å². The molecule has 0 unspecified atom stereocenters. The summed E-state index contributed by atoms with van der Waals surface area (Å²) in [6, 6.07) is 7.82. The van der Waals surface area contributed by atoms with Crippen molar-refractivity contribution in [3.05, 3.63) is 35.4 Å². The number of nitrogens with one attached hydrogen (secondary N) is 1. The van der Waals surface area contributed by atoms with Gasteiger partial charge in [-0.05, 0) is 49.1 Å². The lowest BCUT2D eigenvalue weighted by Gasteiger charge is -2.26. The zero-order valence-corrected chi connectivity index (χ0v) is 13.7. The van der Waals surface area contributed by atoms with Crippen LogP contribution in [0.25, 0.3) is 0 Å². The summed E-state index contributed by atoms with van der Waals surface area (Å²) in [5.74, 6) is 1.03. The molecule has 0 aromatic heterocycles. The highest BCUT2D eigenvalue weighted by molar-refractivity contribution is 7.98. The SMILES string of the molecule is CCSCc1ccc(C(=O)NC2CCC(C(=O)O)CC2)cc1. The molecule has 5 heteroatoms. The fraction of sp³-hybridized carbons (Fsp3) is 0.529. The number of amides is 1. The summed E-state index contributed by atoms with van der Waals surface area (Å²) in [6.07, 6.45) is 2.78. The van der Waals surface area contributed by atoms with Gasteiger partial charge in [-0.15, -0.1) is 0 Å². The van der Waals surface area contributed by atoms with Crippen LogP contribution in [0, 0.1) is 5.92 Å². The summed E-state index contributed by atoms with van der Waals surface area (Å²) in [5, 5.41) is 12.0. The van der Waals surface area contributed by atoms with E-state index in [9.17, 15) is 9.59 Å². The zero-order valence-electron chi connectivity index (χ0n) is 12.9. The summed E-state index contributed by atoms with van der Waals surface area (Å²) in [6.45, 7) is 2.13. The van der Waals surface area contributed by atoms with Gasteiger partial charge >= 0.3 is 5.97 Å². The molecule has 0 radical (unpaired) electrons. The van der Waals surface area contributed by atoms with Crippen molar-refractivity contribution in [2.24, 2.45) is 5.92 Å². The van der Waals surface area contributed by atoms with Gasteiger partial charge in [0.25, 0.3) is 5.91 Å². The van der Waals surface area contributed by atoms with E-state index >= 15 is 0 Å². The van der Waals surface area contributed by atoms with E-state index in [2.05, 4.69) is 12.2 Å². The lowest BCUT2D eigenvalue weighted by atomic mass is 9.86. The van der Waals surface area contributed by atoms with Gasteiger partial charge in [0.2, 0.25) is 0 Å². The molecule has 0 aliphatic heterocycles. The Hall–Kier alpha value is -1.49. The minimum Gasteiger partial charge on any atom is -0.481 e. The van der Waals surface area contributed by atoms with Crippen LogP contribution in [0.3, 0.4) is 0 Å². The summed E-state index contributed by atoms with van der Waals surface area (Å²) in [4.78, 5) is 23.1. The monoisotopic (exact) mass is 321 g/mol. The van der Waals surface area contributed by atoms with Crippen molar-refractivity contribution in [1.29, 1.82) is 0 Å². The van der Waals surface area contributed by atoms with E-state index in [4.69, 9.17) is 5.11 Å². The van der Waals surface area contributed by atoms with E-state index in [1.54, 1.807) is 0 Å². The number of carboxylic acid groups (broad SMARTS) is 1. The van der Waals surface area contributed by atoms with E-state index in [0.29, 0.717) is 18.4 Å². The molecular formula is C17H23NO3S. The summed E-state index contributed by atoms with van der Waals surface area (Å²) in [7, 11) is 0. The van der Waals surface area contributed by atoms with E-state index in [-0.39, 0.29) is 17.9 Å². The molecule has 1 aromatic carbocycles. The maximum Gasteiger partial charge on any atom is 0.306 e. The zero-order chi connectivity index (χ0) is 15.9. The molecule has 1 saturated carbocycles. The molecule has 0 heterocycles. The second-order valence-electron chi connectivity index (χ2n) is 5.69. The number of thioether (sulfide) groups is 1. The molecule has 2 N–H and O–H groups in total. The Balaban J connectivity index is 1.83. The Kier molecular flexibility index (Phi) is 6.31. The Morgan fingerprint density at radius 2 is 1.82 bits per heavy atom. The van der Waals surface area contributed by atoms with Crippen LogP contribution < -0.4 is 5.32 Å².